The number of carbonyl (C=O) groups is 1. The minimum Gasteiger partial charge on any atom is -0.493 e. The van der Waals surface area contributed by atoms with E-state index < -0.39 is 0 Å². The molecule has 0 atom stereocenters. The molecule has 0 aliphatic carbocycles. The number of benzene rings is 1. The summed E-state index contributed by atoms with van der Waals surface area (Å²) in [6.45, 7) is 3.38. The van der Waals surface area contributed by atoms with Crippen LogP contribution >= 0.6 is 11.3 Å². The molecule has 0 saturated heterocycles. The molecule has 0 spiro atoms. The van der Waals surface area contributed by atoms with Gasteiger partial charge in [0.15, 0.2) is 0 Å². The summed E-state index contributed by atoms with van der Waals surface area (Å²) in [5, 5.41) is 13.8. The number of nitrogens with zero attached hydrogens (tertiary/aromatic N) is 3. The lowest BCUT2D eigenvalue weighted by molar-refractivity contribution is 0.102. The van der Waals surface area contributed by atoms with Gasteiger partial charge in [0.2, 0.25) is 5.13 Å². The van der Waals surface area contributed by atoms with E-state index in [4.69, 9.17) is 4.74 Å². The molecular weight excluding hydrogens is 350 g/mol. The van der Waals surface area contributed by atoms with Gasteiger partial charge in [-0.2, -0.15) is 0 Å². The number of pyridine rings is 1. The molecule has 3 aromatic rings. The first-order valence-corrected chi connectivity index (χ1v) is 9.06. The molecule has 0 radical (unpaired) electrons. The summed E-state index contributed by atoms with van der Waals surface area (Å²) in [5.74, 6) is 1.37. The summed E-state index contributed by atoms with van der Waals surface area (Å²) in [6, 6.07) is 11.4. The molecule has 2 aromatic heterocycles. The number of para-hydroxylation sites is 1. The van der Waals surface area contributed by atoms with Crippen LogP contribution in [-0.2, 0) is 0 Å². The first kappa shape index (κ1) is 17.8. The second-order valence-corrected chi connectivity index (χ2v) is 6.36. The number of aryl methyl sites for hydroxylation is 1. The molecule has 0 aliphatic rings. The van der Waals surface area contributed by atoms with Crippen LogP contribution in [0.1, 0.15) is 22.3 Å². The molecule has 0 bridgehead atoms. The van der Waals surface area contributed by atoms with Gasteiger partial charge < -0.3 is 10.1 Å². The van der Waals surface area contributed by atoms with Crippen molar-refractivity contribution in [3.63, 3.8) is 0 Å². The summed E-state index contributed by atoms with van der Waals surface area (Å²) < 4.78 is 5.75. The van der Waals surface area contributed by atoms with Crippen molar-refractivity contribution in [1.82, 2.24) is 15.2 Å². The van der Waals surface area contributed by atoms with E-state index in [0.717, 1.165) is 24.3 Å². The Morgan fingerprint density at radius 2 is 2.12 bits per heavy atom. The first-order chi connectivity index (χ1) is 12.7. The highest BCUT2D eigenvalue weighted by Crippen LogP contribution is 2.16. The average Bonchev–Trinajstić information content (AvgIpc) is 3.16. The van der Waals surface area contributed by atoms with Crippen LogP contribution in [0.25, 0.3) is 0 Å². The lowest BCUT2D eigenvalue weighted by Crippen LogP contribution is -2.13. The summed E-state index contributed by atoms with van der Waals surface area (Å²) in [7, 11) is 0. The van der Waals surface area contributed by atoms with Crippen molar-refractivity contribution in [2.75, 3.05) is 23.8 Å². The number of hydrogen-bond acceptors (Lipinski definition) is 7. The van der Waals surface area contributed by atoms with Gasteiger partial charge in [0.25, 0.3) is 5.91 Å². The Labute approximate surface area is 155 Å². The maximum Gasteiger partial charge on any atom is 0.259 e. The second kappa shape index (κ2) is 8.91. The minimum absolute atomic E-state index is 0.257. The van der Waals surface area contributed by atoms with Crippen molar-refractivity contribution in [3.05, 3.63) is 59.2 Å². The number of ether oxygens (including phenoxy) is 1. The fraction of sp³-hybridized carbons (Fsp3) is 0.222. The van der Waals surface area contributed by atoms with E-state index in [9.17, 15) is 4.79 Å². The number of aromatic nitrogens is 3. The third-order valence-electron chi connectivity index (χ3n) is 3.58. The Morgan fingerprint density at radius 1 is 1.23 bits per heavy atom. The fourth-order valence-corrected chi connectivity index (χ4v) is 2.66. The lowest BCUT2D eigenvalue weighted by Gasteiger charge is -2.09. The second-order valence-electron chi connectivity index (χ2n) is 5.52. The fourth-order valence-electron chi connectivity index (χ4n) is 2.22. The maximum atomic E-state index is 12.0. The highest BCUT2D eigenvalue weighted by molar-refractivity contribution is 7.13. The average molecular weight is 369 g/mol. The van der Waals surface area contributed by atoms with E-state index in [1.54, 1.807) is 17.6 Å². The molecule has 7 nitrogen and oxygen atoms in total. The van der Waals surface area contributed by atoms with Gasteiger partial charge in [-0.1, -0.05) is 29.5 Å². The standard InChI is InChI=1S/C18H19N5O2S/c1-13-5-2-3-6-15(13)25-10-4-9-19-16-8-7-14(11-20-16)17(24)22-18-23-21-12-26-18/h2-3,5-8,11-12H,4,9-10H2,1H3,(H,19,20)(H,22,23,24). The van der Waals surface area contributed by atoms with E-state index >= 15 is 0 Å². The number of nitrogens with one attached hydrogen (secondary N) is 2. The monoisotopic (exact) mass is 369 g/mol. The highest BCUT2D eigenvalue weighted by atomic mass is 32.1. The van der Waals surface area contributed by atoms with Crippen LogP contribution in [-0.4, -0.2) is 34.2 Å². The SMILES string of the molecule is Cc1ccccc1OCCCNc1ccc(C(=O)Nc2nncs2)cn1. The number of anilines is 2. The number of amides is 1. The molecule has 3 rings (SSSR count). The van der Waals surface area contributed by atoms with E-state index in [2.05, 4.69) is 25.8 Å². The Bertz CT molecular complexity index is 837. The molecule has 2 heterocycles. The van der Waals surface area contributed by atoms with Crippen molar-refractivity contribution in [2.24, 2.45) is 0 Å². The lowest BCUT2D eigenvalue weighted by atomic mass is 10.2. The Hall–Kier alpha value is -3.00. The Balaban J connectivity index is 1.40. The van der Waals surface area contributed by atoms with Crippen LogP contribution in [0.2, 0.25) is 0 Å². The number of rotatable bonds is 8. The van der Waals surface area contributed by atoms with Gasteiger partial charge in [-0.15, -0.1) is 10.2 Å². The molecule has 1 amide bonds. The summed E-state index contributed by atoms with van der Waals surface area (Å²) in [5.41, 5.74) is 3.15. The zero-order valence-electron chi connectivity index (χ0n) is 14.3. The van der Waals surface area contributed by atoms with Crippen molar-refractivity contribution in [3.8, 4) is 5.75 Å². The van der Waals surface area contributed by atoms with E-state index in [1.165, 1.54) is 17.5 Å². The minimum atomic E-state index is -0.257. The van der Waals surface area contributed by atoms with Crippen LogP contribution < -0.4 is 15.4 Å². The van der Waals surface area contributed by atoms with Crippen molar-refractivity contribution in [2.45, 2.75) is 13.3 Å². The maximum absolute atomic E-state index is 12.0. The Morgan fingerprint density at radius 3 is 2.85 bits per heavy atom. The predicted molar refractivity (Wildman–Crippen MR) is 102 cm³/mol. The van der Waals surface area contributed by atoms with E-state index in [0.29, 0.717) is 23.1 Å². The molecule has 134 valence electrons. The predicted octanol–water partition coefficient (Wildman–Crippen LogP) is 3.37. The van der Waals surface area contributed by atoms with Gasteiger partial charge in [0.05, 0.1) is 12.2 Å². The molecule has 0 fully saturated rings. The van der Waals surface area contributed by atoms with Gasteiger partial charge in [-0.25, -0.2) is 4.98 Å². The van der Waals surface area contributed by atoms with Crippen LogP contribution in [0, 0.1) is 6.92 Å². The summed E-state index contributed by atoms with van der Waals surface area (Å²) in [4.78, 5) is 16.3. The van der Waals surface area contributed by atoms with Crippen molar-refractivity contribution >= 4 is 28.2 Å². The quantitative estimate of drug-likeness (QED) is 0.592. The van der Waals surface area contributed by atoms with E-state index in [-0.39, 0.29) is 5.91 Å². The van der Waals surface area contributed by atoms with E-state index in [1.807, 2.05) is 31.2 Å². The van der Waals surface area contributed by atoms with Gasteiger partial charge >= 0.3 is 0 Å². The van der Waals surface area contributed by atoms with Gasteiger partial charge in [-0.05, 0) is 37.1 Å². The third kappa shape index (κ3) is 5.00. The first-order valence-electron chi connectivity index (χ1n) is 8.18. The largest absolute Gasteiger partial charge is 0.493 e. The normalized spacial score (nSPS) is 10.3. The van der Waals surface area contributed by atoms with Gasteiger partial charge in [0.1, 0.15) is 17.1 Å². The third-order valence-corrected chi connectivity index (χ3v) is 4.19. The van der Waals surface area contributed by atoms with Crippen LogP contribution in [0.15, 0.2) is 48.1 Å². The molecule has 26 heavy (non-hydrogen) atoms. The molecule has 1 aromatic carbocycles. The van der Waals surface area contributed by atoms with Crippen LogP contribution in [0.4, 0.5) is 10.9 Å². The molecule has 0 aliphatic heterocycles. The molecular formula is C18H19N5O2S. The van der Waals surface area contributed by atoms with Gasteiger partial charge in [0, 0.05) is 12.7 Å². The smallest absolute Gasteiger partial charge is 0.259 e. The van der Waals surface area contributed by atoms with Crippen LogP contribution in [0.3, 0.4) is 0 Å². The highest BCUT2D eigenvalue weighted by Gasteiger charge is 2.08. The van der Waals surface area contributed by atoms with Crippen molar-refractivity contribution in [1.29, 1.82) is 0 Å². The molecule has 0 saturated carbocycles. The Kier molecular flexibility index (Phi) is 6.10. The number of hydrogen-bond donors (Lipinski definition) is 2. The van der Waals surface area contributed by atoms with Crippen LogP contribution in [0.5, 0.6) is 5.75 Å². The summed E-state index contributed by atoms with van der Waals surface area (Å²) >= 11 is 1.27. The molecule has 0 unspecified atom stereocenters. The zero-order chi connectivity index (χ0) is 18.2. The zero-order valence-corrected chi connectivity index (χ0v) is 15.1. The number of carbonyl (C=O) groups excluding carboxylic acids is 1. The topological polar surface area (TPSA) is 89.0 Å². The van der Waals surface area contributed by atoms with Crippen molar-refractivity contribution < 1.29 is 9.53 Å². The van der Waals surface area contributed by atoms with Gasteiger partial charge in [-0.3, -0.25) is 10.1 Å². The summed E-state index contributed by atoms with van der Waals surface area (Å²) in [6.07, 6.45) is 2.37. The molecule has 8 heteroatoms. The molecule has 2 N–H and O–H groups in total.